The fourth-order valence-corrected chi connectivity index (χ4v) is 8.19. The molecule has 0 nitrogen and oxygen atoms in total. The second kappa shape index (κ2) is 13.5. The van der Waals surface area contributed by atoms with Crippen LogP contribution in [0.15, 0.2) is 218 Å². The topological polar surface area (TPSA) is 0 Å². The molecule has 0 atom stereocenters. The summed E-state index contributed by atoms with van der Waals surface area (Å²) < 4.78 is 0. The molecule has 0 aliphatic heterocycles. The molecule has 252 valence electrons. The van der Waals surface area contributed by atoms with Gasteiger partial charge in [0.05, 0.1) is 0 Å². The Bertz CT molecular complexity index is 2770. The van der Waals surface area contributed by atoms with Gasteiger partial charge in [-0.15, -0.1) is 0 Å². The van der Waals surface area contributed by atoms with Gasteiger partial charge in [-0.25, -0.2) is 0 Å². The molecule has 10 aromatic rings. The highest BCUT2D eigenvalue weighted by Gasteiger charge is 2.19. The molecule has 0 amide bonds. The third-order valence-electron chi connectivity index (χ3n) is 10.8. The van der Waals surface area contributed by atoms with Crippen molar-refractivity contribution < 1.29 is 0 Å². The summed E-state index contributed by atoms with van der Waals surface area (Å²) in [6.07, 6.45) is 0. The molecule has 0 unspecified atom stereocenters. The van der Waals surface area contributed by atoms with Gasteiger partial charge in [0.15, 0.2) is 0 Å². The van der Waals surface area contributed by atoms with Crippen LogP contribution in [0.4, 0.5) is 0 Å². The smallest absolute Gasteiger partial charge is 0.00264 e. The lowest BCUT2D eigenvalue weighted by Gasteiger charge is -2.20. The van der Waals surface area contributed by atoms with E-state index in [4.69, 9.17) is 0 Å². The van der Waals surface area contributed by atoms with Crippen LogP contribution in [-0.4, -0.2) is 0 Å². The number of benzene rings is 10. The predicted molar refractivity (Wildman–Crippen MR) is 232 cm³/mol. The molecule has 0 fully saturated rings. The fraction of sp³-hybridized carbons (Fsp3) is 0. The lowest BCUT2D eigenvalue weighted by molar-refractivity contribution is 1.58. The fourth-order valence-electron chi connectivity index (χ4n) is 8.19. The zero-order valence-electron chi connectivity index (χ0n) is 29.8. The van der Waals surface area contributed by atoms with Crippen molar-refractivity contribution in [2.45, 2.75) is 0 Å². The lowest BCUT2D eigenvalue weighted by atomic mass is 9.83. The highest BCUT2D eigenvalue weighted by atomic mass is 14.2. The summed E-state index contributed by atoms with van der Waals surface area (Å²) in [6, 6.07) is 79.9. The summed E-state index contributed by atoms with van der Waals surface area (Å²) in [4.78, 5) is 0. The van der Waals surface area contributed by atoms with Crippen molar-refractivity contribution in [3.05, 3.63) is 218 Å². The number of hydrogen-bond acceptors (Lipinski definition) is 0. The minimum absolute atomic E-state index is 1.20. The maximum atomic E-state index is 2.37. The molecule has 0 spiro atoms. The maximum absolute atomic E-state index is 2.37. The number of fused-ring (bicyclic) bond motifs is 3. The van der Waals surface area contributed by atoms with Crippen LogP contribution < -0.4 is 0 Å². The van der Waals surface area contributed by atoms with Gasteiger partial charge in [0.25, 0.3) is 0 Å². The summed E-state index contributed by atoms with van der Waals surface area (Å²) in [5, 5.41) is 7.48. The molecule has 0 saturated carbocycles. The van der Waals surface area contributed by atoms with Gasteiger partial charge in [0.1, 0.15) is 0 Å². The summed E-state index contributed by atoms with van der Waals surface area (Å²) in [5.74, 6) is 0. The van der Waals surface area contributed by atoms with Crippen LogP contribution >= 0.6 is 0 Å². The van der Waals surface area contributed by atoms with Gasteiger partial charge in [-0.3, -0.25) is 0 Å². The first-order chi connectivity index (χ1) is 26.8. The van der Waals surface area contributed by atoms with E-state index in [0.29, 0.717) is 0 Å². The monoisotopic (exact) mass is 684 g/mol. The van der Waals surface area contributed by atoms with E-state index in [1.165, 1.54) is 99.1 Å². The van der Waals surface area contributed by atoms with E-state index in [2.05, 4.69) is 218 Å². The molecule has 0 aliphatic rings. The third-order valence-corrected chi connectivity index (χ3v) is 10.8. The minimum atomic E-state index is 1.20. The molecular weight excluding hydrogens is 649 g/mol. The Morgan fingerprint density at radius 1 is 0.185 bits per heavy atom. The average molecular weight is 685 g/mol. The molecule has 0 heterocycles. The third kappa shape index (κ3) is 5.75. The molecule has 0 aromatic heterocycles. The normalized spacial score (nSPS) is 11.3. The summed E-state index contributed by atoms with van der Waals surface area (Å²) in [7, 11) is 0. The Morgan fingerprint density at radius 2 is 0.537 bits per heavy atom. The van der Waals surface area contributed by atoms with E-state index in [1.54, 1.807) is 0 Å². The highest BCUT2D eigenvalue weighted by molar-refractivity contribution is 6.13. The SMILES string of the molecule is c1ccc(-c2ccc3c(-c4cccc(-c5ccc6ccccc6c5)c4)c(-c4ccccc4)ccc3c2-c2cccc(-c3ccc4ccccc4c3)c2)cc1. The van der Waals surface area contributed by atoms with Crippen molar-refractivity contribution in [1.29, 1.82) is 0 Å². The van der Waals surface area contributed by atoms with E-state index in [9.17, 15) is 0 Å². The molecule has 10 aromatic carbocycles. The van der Waals surface area contributed by atoms with Crippen LogP contribution in [0.2, 0.25) is 0 Å². The van der Waals surface area contributed by atoms with Gasteiger partial charge in [-0.2, -0.15) is 0 Å². The first kappa shape index (κ1) is 31.7. The van der Waals surface area contributed by atoms with Crippen molar-refractivity contribution in [3.8, 4) is 66.8 Å². The Balaban J connectivity index is 1.22. The quantitative estimate of drug-likeness (QED) is 0.164. The molecule has 0 N–H and O–H groups in total. The van der Waals surface area contributed by atoms with E-state index in [1.807, 2.05) is 0 Å². The molecule has 0 saturated heterocycles. The van der Waals surface area contributed by atoms with Crippen LogP contribution in [0, 0.1) is 0 Å². The molecule has 0 bridgehead atoms. The number of rotatable bonds is 6. The van der Waals surface area contributed by atoms with Crippen molar-refractivity contribution in [2.75, 3.05) is 0 Å². The van der Waals surface area contributed by atoms with E-state index >= 15 is 0 Å². The van der Waals surface area contributed by atoms with Gasteiger partial charge in [0, 0.05) is 0 Å². The van der Waals surface area contributed by atoms with E-state index in [0.717, 1.165) is 0 Å². The average Bonchev–Trinajstić information content (AvgIpc) is 3.26. The zero-order valence-corrected chi connectivity index (χ0v) is 29.8. The lowest BCUT2D eigenvalue weighted by Crippen LogP contribution is -1.93. The summed E-state index contributed by atoms with van der Waals surface area (Å²) >= 11 is 0. The maximum Gasteiger partial charge on any atom is -0.00264 e. The summed E-state index contributed by atoms with van der Waals surface area (Å²) in [6.45, 7) is 0. The Labute approximate surface area is 316 Å². The molecule has 0 aliphatic carbocycles. The van der Waals surface area contributed by atoms with Gasteiger partial charge in [0.2, 0.25) is 0 Å². The highest BCUT2D eigenvalue weighted by Crippen LogP contribution is 2.46. The first-order valence-corrected chi connectivity index (χ1v) is 18.7. The molecule has 54 heavy (non-hydrogen) atoms. The van der Waals surface area contributed by atoms with Gasteiger partial charge >= 0.3 is 0 Å². The summed E-state index contributed by atoms with van der Waals surface area (Å²) in [5.41, 5.74) is 14.6. The van der Waals surface area contributed by atoms with Crippen LogP contribution in [0.25, 0.3) is 99.1 Å². The van der Waals surface area contributed by atoms with Gasteiger partial charge in [-0.1, -0.05) is 194 Å². The van der Waals surface area contributed by atoms with Gasteiger partial charge < -0.3 is 0 Å². The number of hydrogen-bond donors (Lipinski definition) is 0. The minimum Gasteiger partial charge on any atom is -0.0622 e. The zero-order chi connectivity index (χ0) is 35.8. The van der Waals surface area contributed by atoms with E-state index < -0.39 is 0 Å². The van der Waals surface area contributed by atoms with Crippen molar-refractivity contribution in [2.24, 2.45) is 0 Å². The predicted octanol–water partition coefficient (Wildman–Crippen LogP) is 15.1. The van der Waals surface area contributed by atoms with Crippen molar-refractivity contribution in [3.63, 3.8) is 0 Å². The van der Waals surface area contributed by atoms with Crippen LogP contribution in [0.1, 0.15) is 0 Å². The second-order valence-corrected chi connectivity index (χ2v) is 14.1. The van der Waals surface area contributed by atoms with Gasteiger partial charge in [-0.05, 0) is 123 Å². The van der Waals surface area contributed by atoms with Crippen LogP contribution in [0.5, 0.6) is 0 Å². The van der Waals surface area contributed by atoms with Crippen molar-refractivity contribution in [1.82, 2.24) is 0 Å². The van der Waals surface area contributed by atoms with Crippen molar-refractivity contribution >= 4 is 32.3 Å². The Morgan fingerprint density at radius 3 is 0.981 bits per heavy atom. The first-order valence-electron chi connectivity index (χ1n) is 18.7. The van der Waals surface area contributed by atoms with Crippen LogP contribution in [-0.2, 0) is 0 Å². The largest absolute Gasteiger partial charge is 0.0622 e. The van der Waals surface area contributed by atoms with Crippen LogP contribution in [0.3, 0.4) is 0 Å². The molecular formula is C54H36. The molecule has 0 heteroatoms. The molecule has 10 rings (SSSR count). The standard InChI is InChI=1S/C54H36/c1-3-15-39(16-4-1)49-29-31-52-51(53(49)47-23-11-21-43(35-47)45-27-25-37-13-7-9-19-41(37)33-45)32-30-50(40-17-5-2-6-18-40)54(52)48-24-12-22-44(36-48)46-28-26-38-14-8-10-20-42(38)34-46/h1-36H. The molecule has 0 radical (unpaired) electrons. The second-order valence-electron chi connectivity index (χ2n) is 14.1. The van der Waals surface area contributed by atoms with E-state index in [-0.39, 0.29) is 0 Å². The Hall–Kier alpha value is -7.02. The Kier molecular flexibility index (Phi) is 7.93.